The van der Waals surface area contributed by atoms with Crippen LogP contribution in [0.4, 0.5) is 10.1 Å². The van der Waals surface area contributed by atoms with Gasteiger partial charge in [-0.15, -0.1) is 0 Å². The van der Waals surface area contributed by atoms with Crippen LogP contribution in [0, 0.1) is 5.82 Å². The Balaban J connectivity index is 1.69. The maximum Gasteiger partial charge on any atom is 0.295 e. The number of rotatable bonds is 5. The van der Waals surface area contributed by atoms with Crippen LogP contribution in [0.2, 0.25) is 0 Å². The predicted octanol–water partition coefficient (Wildman–Crippen LogP) is 3.55. The van der Waals surface area contributed by atoms with Crippen molar-refractivity contribution in [3.8, 4) is 5.75 Å². The number of nitrogens with two attached hydrogens (primary N) is 1. The SMILES string of the molecule is NC(=O)COc1ccc(C2c3c(oc4ccc(F)cc4c3=O)C(=O)N2c2ccccc2)cc1. The molecule has 4 aromatic rings. The van der Waals surface area contributed by atoms with Crippen LogP contribution in [0.1, 0.15) is 27.7 Å². The molecule has 1 atom stereocenters. The van der Waals surface area contributed by atoms with Gasteiger partial charge in [-0.05, 0) is 48.0 Å². The average Bonchev–Trinajstić information content (AvgIpc) is 3.11. The summed E-state index contributed by atoms with van der Waals surface area (Å²) in [4.78, 5) is 39.3. The molecule has 164 valence electrons. The molecule has 2 amide bonds. The van der Waals surface area contributed by atoms with Gasteiger partial charge >= 0.3 is 0 Å². The Hall–Kier alpha value is -4.46. The third-order valence-electron chi connectivity index (χ3n) is 5.44. The van der Waals surface area contributed by atoms with E-state index in [9.17, 15) is 18.8 Å². The molecule has 5 rings (SSSR count). The molecular formula is C25H17FN2O5. The molecule has 8 heteroatoms. The molecule has 0 bridgehead atoms. The van der Waals surface area contributed by atoms with Crippen molar-refractivity contribution in [3.63, 3.8) is 0 Å². The normalized spacial score (nSPS) is 15.0. The standard InChI is InChI=1S/C25H17FN2O5/c26-15-8-11-19-18(12-15)23(30)21-22(14-6-9-17(10-7-14)32-13-20(27)29)28(25(31)24(21)33-19)16-4-2-1-3-5-16/h1-12,22H,13H2,(H2,27,29). The molecule has 2 heterocycles. The fourth-order valence-electron chi connectivity index (χ4n) is 4.02. The summed E-state index contributed by atoms with van der Waals surface area (Å²) < 4.78 is 25.0. The fourth-order valence-corrected chi connectivity index (χ4v) is 4.02. The number of amides is 2. The first kappa shape index (κ1) is 20.4. The van der Waals surface area contributed by atoms with E-state index in [1.165, 1.54) is 17.0 Å². The van der Waals surface area contributed by atoms with Crippen LogP contribution in [-0.2, 0) is 4.79 Å². The first-order valence-corrected chi connectivity index (χ1v) is 10.1. The molecule has 0 fully saturated rings. The van der Waals surface area contributed by atoms with Crippen LogP contribution in [0.5, 0.6) is 5.75 Å². The zero-order valence-electron chi connectivity index (χ0n) is 17.2. The number of benzene rings is 3. The van der Waals surface area contributed by atoms with Gasteiger partial charge in [0.25, 0.3) is 11.8 Å². The van der Waals surface area contributed by atoms with Crippen molar-refractivity contribution in [2.45, 2.75) is 6.04 Å². The second-order valence-electron chi connectivity index (χ2n) is 7.55. The first-order valence-electron chi connectivity index (χ1n) is 10.1. The molecule has 3 aromatic carbocycles. The van der Waals surface area contributed by atoms with E-state index in [0.717, 1.165) is 6.07 Å². The molecular weight excluding hydrogens is 427 g/mol. The Kier molecular flexibility index (Phi) is 4.90. The Morgan fingerprint density at radius 1 is 1.03 bits per heavy atom. The van der Waals surface area contributed by atoms with Gasteiger partial charge in [0.1, 0.15) is 17.1 Å². The topological polar surface area (TPSA) is 103 Å². The van der Waals surface area contributed by atoms with Crippen LogP contribution in [-0.4, -0.2) is 18.4 Å². The highest BCUT2D eigenvalue weighted by atomic mass is 19.1. The molecule has 0 spiro atoms. The van der Waals surface area contributed by atoms with Crippen molar-refractivity contribution < 1.29 is 23.1 Å². The first-order chi connectivity index (χ1) is 15.9. The molecule has 1 aliphatic heterocycles. The maximum atomic E-state index is 13.9. The van der Waals surface area contributed by atoms with Gasteiger partial charge in [-0.3, -0.25) is 19.3 Å². The summed E-state index contributed by atoms with van der Waals surface area (Å²) in [5.74, 6) is -1.34. The zero-order chi connectivity index (χ0) is 23.1. The van der Waals surface area contributed by atoms with E-state index < -0.39 is 29.1 Å². The molecule has 33 heavy (non-hydrogen) atoms. The van der Waals surface area contributed by atoms with E-state index in [4.69, 9.17) is 14.9 Å². The van der Waals surface area contributed by atoms with Gasteiger partial charge in [-0.1, -0.05) is 30.3 Å². The van der Waals surface area contributed by atoms with Gasteiger partial charge in [0.15, 0.2) is 12.0 Å². The summed E-state index contributed by atoms with van der Waals surface area (Å²) in [5.41, 5.74) is 6.09. The molecule has 0 radical (unpaired) electrons. The average molecular weight is 444 g/mol. The Morgan fingerprint density at radius 3 is 2.45 bits per heavy atom. The Labute approximate surface area is 186 Å². The predicted molar refractivity (Wildman–Crippen MR) is 119 cm³/mol. The number of nitrogens with zero attached hydrogens (tertiary/aromatic N) is 1. The van der Waals surface area contributed by atoms with Crippen molar-refractivity contribution in [2.24, 2.45) is 5.73 Å². The van der Waals surface area contributed by atoms with Crippen LogP contribution in [0.25, 0.3) is 11.0 Å². The van der Waals surface area contributed by atoms with Gasteiger partial charge < -0.3 is 14.9 Å². The molecule has 7 nitrogen and oxygen atoms in total. The quantitative estimate of drug-likeness (QED) is 0.507. The summed E-state index contributed by atoms with van der Waals surface area (Å²) in [6, 6.07) is 18.3. The van der Waals surface area contributed by atoms with E-state index >= 15 is 0 Å². The summed E-state index contributed by atoms with van der Waals surface area (Å²) in [6.45, 7) is -0.276. The van der Waals surface area contributed by atoms with Crippen LogP contribution < -0.4 is 20.8 Å². The molecule has 1 aliphatic rings. The number of anilines is 1. The Morgan fingerprint density at radius 2 is 1.76 bits per heavy atom. The lowest BCUT2D eigenvalue weighted by Crippen LogP contribution is -2.29. The van der Waals surface area contributed by atoms with Crippen LogP contribution >= 0.6 is 0 Å². The zero-order valence-corrected chi connectivity index (χ0v) is 17.2. The molecule has 0 saturated carbocycles. The van der Waals surface area contributed by atoms with E-state index in [-0.39, 0.29) is 28.9 Å². The second kappa shape index (κ2) is 7.90. The molecule has 1 aromatic heterocycles. The summed E-state index contributed by atoms with van der Waals surface area (Å²) in [5, 5.41) is 0.0582. The van der Waals surface area contributed by atoms with Crippen LogP contribution in [0.3, 0.4) is 0 Å². The number of halogens is 1. The number of para-hydroxylation sites is 1. The van der Waals surface area contributed by atoms with Gasteiger partial charge in [-0.2, -0.15) is 0 Å². The van der Waals surface area contributed by atoms with Crippen molar-refractivity contribution in [1.29, 1.82) is 0 Å². The van der Waals surface area contributed by atoms with Gasteiger partial charge in [0, 0.05) is 5.69 Å². The highest BCUT2D eigenvalue weighted by molar-refractivity contribution is 6.10. The number of carbonyl (C=O) groups is 2. The minimum Gasteiger partial charge on any atom is -0.484 e. The largest absolute Gasteiger partial charge is 0.484 e. The number of fused-ring (bicyclic) bond motifs is 2. The summed E-state index contributed by atoms with van der Waals surface area (Å²) in [7, 11) is 0. The number of carbonyl (C=O) groups excluding carboxylic acids is 2. The molecule has 2 N–H and O–H groups in total. The third-order valence-corrected chi connectivity index (χ3v) is 5.44. The van der Waals surface area contributed by atoms with E-state index in [1.807, 2.05) is 6.07 Å². The fraction of sp³-hybridized carbons (Fsp3) is 0.0800. The van der Waals surface area contributed by atoms with Crippen LogP contribution in [0.15, 0.2) is 82.0 Å². The molecule has 0 saturated heterocycles. The Bertz CT molecular complexity index is 1450. The van der Waals surface area contributed by atoms with Gasteiger partial charge in [0.05, 0.1) is 17.0 Å². The molecule has 1 unspecified atom stereocenters. The summed E-state index contributed by atoms with van der Waals surface area (Å²) >= 11 is 0. The minimum absolute atomic E-state index is 0.0582. The maximum absolute atomic E-state index is 13.9. The van der Waals surface area contributed by atoms with Crippen molar-refractivity contribution in [2.75, 3.05) is 11.5 Å². The van der Waals surface area contributed by atoms with Crippen molar-refractivity contribution in [3.05, 3.63) is 106 Å². The highest BCUT2D eigenvalue weighted by Gasteiger charge is 2.43. The molecule has 0 aliphatic carbocycles. The van der Waals surface area contributed by atoms with E-state index in [1.54, 1.807) is 48.5 Å². The van der Waals surface area contributed by atoms with Crippen molar-refractivity contribution in [1.82, 2.24) is 0 Å². The number of hydrogen-bond donors (Lipinski definition) is 1. The smallest absolute Gasteiger partial charge is 0.295 e. The highest BCUT2D eigenvalue weighted by Crippen LogP contribution is 2.41. The van der Waals surface area contributed by atoms with Gasteiger partial charge in [-0.25, -0.2) is 4.39 Å². The van der Waals surface area contributed by atoms with E-state index in [0.29, 0.717) is 17.0 Å². The third kappa shape index (κ3) is 3.51. The monoisotopic (exact) mass is 444 g/mol. The summed E-state index contributed by atoms with van der Waals surface area (Å²) in [6.07, 6.45) is 0. The lowest BCUT2D eigenvalue weighted by molar-refractivity contribution is -0.119. The second-order valence-corrected chi connectivity index (χ2v) is 7.55. The van der Waals surface area contributed by atoms with Gasteiger partial charge in [0.2, 0.25) is 5.76 Å². The number of primary amides is 1. The van der Waals surface area contributed by atoms with Crippen molar-refractivity contribution >= 4 is 28.5 Å². The number of hydrogen-bond acceptors (Lipinski definition) is 5. The lowest BCUT2D eigenvalue weighted by Gasteiger charge is -2.25. The lowest BCUT2D eigenvalue weighted by atomic mass is 9.98. The minimum atomic E-state index is -0.802. The number of ether oxygens (including phenoxy) is 1. The van der Waals surface area contributed by atoms with E-state index in [2.05, 4.69) is 0 Å².